The molecule has 0 unspecified atom stereocenters. The van der Waals surface area contributed by atoms with Crippen molar-refractivity contribution in [2.24, 2.45) is 0 Å². The Morgan fingerprint density at radius 2 is 1.69 bits per heavy atom. The Bertz CT molecular complexity index is 798. The summed E-state index contributed by atoms with van der Waals surface area (Å²) in [5, 5.41) is 5.02. The van der Waals surface area contributed by atoms with Gasteiger partial charge in [0, 0.05) is 32.7 Å². The van der Waals surface area contributed by atoms with Gasteiger partial charge in [0.25, 0.3) is 0 Å². The molecule has 10 nitrogen and oxygen atoms in total. The van der Waals surface area contributed by atoms with Crippen molar-refractivity contribution in [2.45, 2.75) is 11.1 Å². The van der Waals surface area contributed by atoms with Gasteiger partial charge in [-0.05, 0) is 12.1 Å². The summed E-state index contributed by atoms with van der Waals surface area (Å²) in [6.45, 7) is 4.21. The Morgan fingerprint density at radius 1 is 1.00 bits per heavy atom. The predicted molar refractivity (Wildman–Crippen MR) is 103 cm³/mol. The molecule has 0 aromatic heterocycles. The van der Waals surface area contributed by atoms with E-state index in [1.807, 2.05) is 0 Å². The van der Waals surface area contributed by atoms with Gasteiger partial charge in [-0.25, -0.2) is 8.42 Å². The van der Waals surface area contributed by atoms with Gasteiger partial charge in [-0.1, -0.05) is 18.2 Å². The Morgan fingerprint density at radius 3 is 2.41 bits per heavy atom. The van der Waals surface area contributed by atoms with Crippen LogP contribution in [0, 0.1) is 0 Å². The minimum atomic E-state index is -3.74. The van der Waals surface area contributed by atoms with Crippen molar-refractivity contribution in [2.75, 3.05) is 59.1 Å². The molecule has 1 aromatic rings. The molecule has 2 aliphatic heterocycles. The lowest BCUT2D eigenvalue weighted by Gasteiger charge is -2.26. The van der Waals surface area contributed by atoms with E-state index in [2.05, 4.69) is 15.5 Å². The van der Waals surface area contributed by atoms with Crippen LogP contribution in [0.15, 0.2) is 35.2 Å². The van der Waals surface area contributed by atoms with Gasteiger partial charge < -0.3 is 20.1 Å². The summed E-state index contributed by atoms with van der Waals surface area (Å²) in [5.41, 5.74) is 0. The number of benzene rings is 1. The van der Waals surface area contributed by atoms with E-state index >= 15 is 0 Å². The first-order valence-corrected chi connectivity index (χ1v) is 11.0. The van der Waals surface area contributed by atoms with Crippen molar-refractivity contribution < 1.29 is 27.5 Å². The van der Waals surface area contributed by atoms with Crippen LogP contribution in [0.4, 0.5) is 0 Å². The first-order valence-electron chi connectivity index (χ1n) is 9.53. The number of ether oxygens (including phenoxy) is 2. The number of carbonyl (C=O) groups is 2. The van der Waals surface area contributed by atoms with Crippen LogP contribution >= 0.6 is 0 Å². The summed E-state index contributed by atoms with van der Waals surface area (Å²) in [4.78, 5) is 26.3. The van der Waals surface area contributed by atoms with Crippen LogP contribution in [0.5, 0.6) is 0 Å². The maximum absolute atomic E-state index is 12.8. The van der Waals surface area contributed by atoms with Crippen molar-refractivity contribution in [3.8, 4) is 0 Å². The lowest BCUT2D eigenvalue weighted by molar-refractivity contribution is -0.139. The van der Waals surface area contributed by atoms with E-state index in [-0.39, 0.29) is 24.6 Å². The Balaban J connectivity index is 1.45. The smallest absolute Gasteiger partial charge is 0.309 e. The molecule has 29 heavy (non-hydrogen) atoms. The van der Waals surface area contributed by atoms with Crippen LogP contribution in [0.3, 0.4) is 0 Å². The van der Waals surface area contributed by atoms with Gasteiger partial charge in [-0.2, -0.15) is 4.31 Å². The van der Waals surface area contributed by atoms with E-state index < -0.39 is 28.1 Å². The van der Waals surface area contributed by atoms with Crippen LogP contribution in [-0.2, 0) is 29.1 Å². The zero-order valence-corrected chi connectivity index (χ0v) is 16.9. The SMILES string of the molecule is O=C(NCCN1CCOCC1)C(=O)NC[C@H]1OCCN1S(=O)(=O)c1ccccc1. The number of hydrogen-bond donors (Lipinski definition) is 2. The molecule has 160 valence electrons. The van der Waals surface area contributed by atoms with E-state index in [0.29, 0.717) is 26.3 Å². The molecule has 0 bridgehead atoms. The highest BCUT2D eigenvalue weighted by Crippen LogP contribution is 2.21. The molecule has 2 fully saturated rings. The fourth-order valence-electron chi connectivity index (χ4n) is 3.16. The van der Waals surface area contributed by atoms with Crippen LogP contribution < -0.4 is 10.6 Å². The molecule has 0 saturated carbocycles. The van der Waals surface area contributed by atoms with Crippen molar-refractivity contribution in [3.63, 3.8) is 0 Å². The molecule has 0 aliphatic carbocycles. The minimum absolute atomic E-state index is 0.109. The van der Waals surface area contributed by atoms with Gasteiger partial charge in [0.2, 0.25) is 10.0 Å². The number of sulfonamides is 1. The maximum Gasteiger partial charge on any atom is 0.309 e. The number of hydrogen-bond acceptors (Lipinski definition) is 7. The summed E-state index contributed by atoms with van der Waals surface area (Å²) in [7, 11) is -3.74. The highest BCUT2D eigenvalue weighted by Gasteiger charge is 2.36. The average Bonchev–Trinajstić information content (AvgIpc) is 3.23. The van der Waals surface area contributed by atoms with E-state index in [9.17, 15) is 18.0 Å². The number of rotatable bonds is 7. The average molecular weight is 426 g/mol. The largest absolute Gasteiger partial charge is 0.379 e. The second-order valence-electron chi connectivity index (χ2n) is 6.67. The molecule has 2 saturated heterocycles. The second kappa shape index (κ2) is 10.1. The lowest BCUT2D eigenvalue weighted by Crippen LogP contribution is -2.48. The third-order valence-electron chi connectivity index (χ3n) is 4.75. The molecular formula is C18H26N4O6S. The fraction of sp³-hybridized carbons (Fsp3) is 0.556. The molecule has 11 heteroatoms. The predicted octanol–water partition coefficient (Wildman–Crippen LogP) is -1.40. The zero-order chi connectivity index (χ0) is 20.7. The number of nitrogens with one attached hydrogen (secondary N) is 2. The van der Waals surface area contributed by atoms with Gasteiger partial charge in [0.05, 0.1) is 31.3 Å². The summed E-state index contributed by atoms with van der Waals surface area (Å²) >= 11 is 0. The van der Waals surface area contributed by atoms with Crippen molar-refractivity contribution in [1.82, 2.24) is 19.8 Å². The van der Waals surface area contributed by atoms with E-state index in [1.165, 1.54) is 16.4 Å². The molecule has 3 rings (SSSR count). The van der Waals surface area contributed by atoms with Crippen LogP contribution in [-0.4, -0.2) is 94.8 Å². The third-order valence-corrected chi connectivity index (χ3v) is 6.66. The number of amides is 2. The topological polar surface area (TPSA) is 117 Å². The standard InChI is InChI=1S/C18H26N4O6S/c23-17(19-6-7-21-8-11-27-12-9-21)18(24)20-14-16-22(10-13-28-16)29(25,26)15-4-2-1-3-5-15/h1-5,16H,6-14H2,(H,19,23)(H,20,24)/t16-/m1/s1. The Labute approximate surface area is 170 Å². The Hall–Kier alpha value is -2.05. The molecular weight excluding hydrogens is 400 g/mol. The molecule has 2 N–H and O–H groups in total. The van der Waals surface area contributed by atoms with Crippen molar-refractivity contribution >= 4 is 21.8 Å². The van der Waals surface area contributed by atoms with Crippen molar-refractivity contribution in [1.29, 1.82) is 0 Å². The number of nitrogens with zero attached hydrogens (tertiary/aromatic N) is 2. The normalized spacial score (nSPS) is 21.0. The minimum Gasteiger partial charge on any atom is -0.379 e. The van der Waals surface area contributed by atoms with Gasteiger partial charge in [-0.3, -0.25) is 14.5 Å². The summed E-state index contributed by atoms with van der Waals surface area (Å²) < 4.78 is 37.4. The van der Waals surface area contributed by atoms with Crippen LogP contribution in [0.2, 0.25) is 0 Å². The highest BCUT2D eigenvalue weighted by atomic mass is 32.2. The monoisotopic (exact) mass is 426 g/mol. The van der Waals surface area contributed by atoms with Gasteiger partial charge in [0.1, 0.15) is 6.23 Å². The Kier molecular flexibility index (Phi) is 7.56. The van der Waals surface area contributed by atoms with Gasteiger partial charge >= 0.3 is 11.8 Å². The second-order valence-corrected chi connectivity index (χ2v) is 8.56. The van der Waals surface area contributed by atoms with E-state index in [1.54, 1.807) is 18.2 Å². The quantitative estimate of drug-likeness (QED) is 0.515. The van der Waals surface area contributed by atoms with Gasteiger partial charge in [-0.15, -0.1) is 0 Å². The molecule has 1 aromatic carbocycles. The third kappa shape index (κ3) is 5.73. The summed E-state index contributed by atoms with van der Waals surface area (Å²) in [5.74, 6) is -1.58. The number of carbonyl (C=O) groups excluding carboxylic acids is 2. The molecule has 0 spiro atoms. The van der Waals surface area contributed by atoms with Crippen LogP contribution in [0.25, 0.3) is 0 Å². The molecule has 2 heterocycles. The maximum atomic E-state index is 12.8. The first kappa shape index (κ1) is 21.7. The van der Waals surface area contributed by atoms with Gasteiger partial charge in [0.15, 0.2) is 0 Å². The number of morpholine rings is 1. The summed E-state index contributed by atoms with van der Waals surface area (Å²) in [6, 6.07) is 8.02. The van der Waals surface area contributed by atoms with Crippen molar-refractivity contribution in [3.05, 3.63) is 30.3 Å². The molecule has 2 aliphatic rings. The molecule has 1 atom stereocenters. The first-order chi connectivity index (χ1) is 14.0. The highest BCUT2D eigenvalue weighted by molar-refractivity contribution is 7.89. The lowest BCUT2D eigenvalue weighted by atomic mass is 10.4. The molecule has 2 amide bonds. The van der Waals surface area contributed by atoms with Crippen LogP contribution in [0.1, 0.15) is 0 Å². The van der Waals surface area contributed by atoms with E-state index in [4.69, 9.17) is 9.47 Å². The van der Waals surface area contributed by atoms with E-state index in [0.717, 1.165) is 13.1 Å². The fourth-order valence-corrected chi connectivity index (χ4v) is 4.69. The molecule has 0 radical (unpaired) electrons. The summed E-state index contributed by atoms with van der Waals surface area (Å²) in [6.07, 6.45) is -0.856. The zero-order valence-electron chi connectivity index (χ0n) is 16.1.